The van der Waals surface area contributed by atoms with Gasteiger partial charge in [-0.05, 0) is 53.7 Å². The van der Waals surface area contributed by atoms with Gasteiger partial charge < -0.3 is 0 Å². The lowest BCUT2D eigenvalue weighted by molar-refractivity contribution is 0.254. The lowest BCUT2D eigenvalue weighted by Crippen LogP contribution is -2.18. The fourth-order valence-corrected chi connectivity index (χ4v) is 3.20. The van der Waals surface area contributed by atoms with Gasteiger partial charge in [0.2, 0.25) is 0 Å². The molecule has 1 aromatic rings. The summed E-state index contributed by atoms with van der Waals surface area (Å²) in [7, 11) is 0. The molecule has 99 valence electrons. The third-order valence-corrected chi connectivity index (χ3v) is 4.56. The third kappa shape index (κ3) is 3.16. The van der Waals surface area contributed by atoms with Gasteiger partial charge in [-0.2, -0.15) is 0 Å². The minimum absolute atomic E-state index is 0.592. The number of benzene rings is 1. The summed E-state index contributed by atoms with van der Waals surface area (Å²) in [5.41, 5.74) is 2.84. The standard InChI is InChI=1S/C18H27/c1-13(2)15-7-5-9-17(11-15)18-10-6-8-16(12-18)14(3)4/h5,7,9,13-14,16,18H,6,8,10,12H2,1-4H3. The van der Waals surface area contributed by atoms with E-state index in [1.807, 2.05) is 0 Å². The Morgan fingerprint density at radius 2 is 1.89 bits per heavy atom. The van der Waals surface area contributed by atoms with Crippen LogP contribution in [0.1, 0.15) is 76.3 Å². The van der Waals surface area contributed by atoms with Crippen molar-refractivity contribution in [2.45, 2.75) is 65.2 Å². The fraction of sp³-hybridized carbons (Fsp3) is 0.667. The number of hydrogen-bond acceptors (Lipinski definition) is 0. The van der Waals surface area contributed by atoms with E-state index in [4.69, 9.17) is 0 Å². The molecule has 0 heteroatoms. The van der Waals surface area contributed by atoms with Crippen molar-refractivity contribution in [1.29, 1.82) is 0 Å². The van der Waals surface area contributed by atoms with Gasteiger partial charge in [0.25, 0.3) is 0 Å². The average Bonchev–Trinajstić information content (AvgIpc) is 2.39. The van der Waals surface area contributed by atoms with Gasteiger partial charge in [0.15, 0.2) is 0 Å². The largest absolute Gasteiger partial charge is 0.0625 e. The molecule has 2 atom stereocenters. The van der Waals surface area contributed by atoms with Crippen LogP contribution in [-0.2, 0) is 0 Å². The molecule has 0 saturated heterocycles. The molecule has 1 radical (unpaired) electrons. The van der Waals surface area contributed by atoms with Gasteiger partial charge in [0, 0.05) is 0 Å². The van der Waals surface area contributed by atoms with E-state index in [1.165, 1.54) is 36.8 Å². The quantitative estimate of drug-likeness (QED) is 0.654. The molecule has 18 heavy (non-hydrogen) atoms. The van der Waals surface area contributed by atoms with Gasteiger partial charge in [-0.3, -0.25) is 0 Å². The van der Waals surface area contributed by atoms with E-state index < -0.39 is 0 Å². The molecule has 0 aliphatic heterocycles. The summed E-state index contributed by atoms with van der Waals surface area (Å²) in [6.45, 7) is 9.27. The van der Waals surface area contributed by atoms with Crippen LogP contribution >= 0.6 is 0 Å². The Labute approximate surface area is 113 Å². The fourth-order valence-electron chi connectivity index (χ4n) is 3.20. The van der Waals surface area contributed by atoms with Crippen molar-refractivity contribution in [3.63, 3.8) is 0 Å². The Bertz CT molecular complexity index is 375. The van der Waals surface area contributed by atoms with Crippen LogP contribution in [-0.4, -0.2) is 0 Å². The number of hydrogen-bond donors (Lipinski definition) is 0. The summed E-state index contributed by atoms with van der Waals surface area (Å²) in [6, 6.07) is 10.4. The van der Waals surface area contributed by atoms with Crippen molar-refractivity contribution in [3.8, 4) is 0 Å². The van der Waals surface area contributed by atoms with E-state index >= 15 is 0 Å². The summed E-state index contributed by atoms with van der Waals surface area (Å²) in [5.74, 6) is 3.10. The van der Waals surface area contributed by atoms with Gasteiger partial charge in [-0.25, -0.2) is 0 Å². The monoisotopic (exact) mass is 243 g/mol. The molecule has 2 rings (SSSR count). The molecule has 1 aliphatic carbocycles. The van der Waals surface area contributed by atoms with Crippen LogP contribution in [0.5, 0.6) is 0 Å². The Kier molecular flexibility index (Phi) is 4.48. The van der Waals surface area contributed by atoms with Gasteiger partial charge >= 0.3 is 0 Å². The molecule has 0 bridgehead atoms. The van der Waals surface area contributed by atoms with Crippen molar-refractivity contribution in [2.75, 3.05) is 0 Å². The van der Waals surface area contributed by atoms with E-state index in [9.17, 15) is 0 Å². The van der Waals surface area contributed by atoms with E-state index in [-0.39, 0.29) is 0 Å². The SMILES string of the molecule is CC(C)c1[c]c(C2CCCC(C(C)C)C2)ccc1. The predicted octanol–water partition coefficient (Wildman–Crippen LogP) is 5.54. The van der Waals surface area contributed by atoms with Crippen molar-refractivity contribution >= 4 is 0 Å². The van der Waals surface area contributed by atoms with Crippen molar-refractivity contribution < 1.29 is 0 Å². The summed E-state index contributed by atoms with van der Waals surface area (Å²) < 4.78 is 0. The van der Waals surface area contributed by atoms with Gasteiger partial charge in [0.05, 0.1) is 0 Å². The second kappa shape index (κ2) is 5.91. The summed E-state index contributed by atoms with van der Waals surface area (Å²) in [5, 5.41) is 0. The molecule has 2 unspecified atom stereocenters. The predicted molar refractivity (Wildman–Crippen MR) is 78.9 cm³/mol. The Morgan fingerprint density at radius 3 is 2.56 bits per heavy atom. The first-order chi connectivity index (χ1) is 8.58. The van der Waals surface area contributed by atoms with Crippen LogP contribution in [0, 0.1) is 17.9 Å². The molecule has 0 spiro atoms. The summed E-state index contributed by atoms with van der Waals surface area (Å²) in [4.78, 5) is 0. The van der Waals surface area contributed by atoms with E-state index in [0.29, 0.717) is 5.92 Å². The highest BCUT2D eigenvalue weighted by Gasteiger charge is 2.25. The molecule has 1 aliphatic rings. The topological polar surface area (TPSA) is 0 Å². The maximum absolute atomic E-state index is 3.67. The molecule has 1 saturated carbocycles. The minimum Gasteiger partial charge on any atom is -0.0625 e. The molecule has 0 amide bonds. The third-order valence-electron chi connectivity index (χ3n) is 4.56. The van der Waals surface area contributed by atoms with E-state index in [2.05, 4.69) is 52.0 Å². The van der Waals surface area contributed by atoms with Crippen LogP contribution in [0.2, 0.25) is 0 Å². The molecule has 1 aromatic carbocycles. The van der Waals surface area contributed by atoms with Crippen molar-refractivity contribution in [3.05, 3.63) is 35.4 Å². The Morgan fingerprint density at radius 1 is 1.11 bits per heavy atom. The summed E-state index contributed by atoms with van der Waals surface area (Å²) >= 11 is 0. The van der Waals surface area contributed by atoms with Gasteiger partial charge in [0.1, 0.15) is 0 Å². The highest BCUT2D eigenvalue weighted by Crippen LogP contribution is 2.39. The van der Waals surface area contributed by atoms with Crippen LogP contribution in [0.3, 0.4) is 0 Å². The van der Waals surface area contributed by atoms with E-state index in [1.54, 1.807) is 0 Å². The molecular formula is C18H27. The molecule has 0 nitrogen and oxygen atoms in total. The first-order valence-electron chi connectivity index (χ1n) is 7.60. The van der Waals surface area contributed by atoms with E-state index in [0.717, 1.165) is 17.8 Å². The van der Waals surface area contributed by atoms with Crippen molar-refractivity contribution in [2.24, 2.45) is 11.8 Å². The Balaban J connectivity index is 2.13. The molecule has 1 fully saturated rings. The Hall–Kier alpha value is -0.780. The van der Waals surface area contributed by atoms with Gasteiger partial charge in [-0.15, -0.1) is 0 Å². The molecule has 0 heterocycles. The number of rotatable bonds is 3. The zero-order chi connectivity index (χ0) is 13.1. The second-order valence-corrected chi connectivity index (χ2v) is 6.58. The normalized spacial score (nSPS) is 24.8. The summed E-state index contributed by atoms with van der Waals surface area (Å²) in [6.07, 6.45) is 5.56. The maximum Gasteiger partial charge on any atom is -0.0109 e. The van der Waals surface area contributed by atoms with Crippen LogP contribution < -0.4 is 0 Å². The zero-order valence-corrected chi connectivity index (χ0v) is 12.4. The van der Waals surface area contributed by atoms with Gasteiger partial charge in [-0.1, -0.05) is 58.7 Å². The first kappa shape index (κ1) is 13.6. The second-order valence-electron chi connectivity index (χ2n) is 6.58. The lowest BCUT2D eigenvalue weighted by atomic mass is 9.73. The molecule has 0 aromatic heterocycles. The highest BCUT2D eigenvalue weighted by molar-refractivity contribution is 5.27. The van der Waals surface area contributed by atoms with Crippen LogP contribution in [0.25, 0.3) is 0 Å². The van der Waals surface area contributed by atoms with Crippen molar-refractivity contribution in [1.82, 2.24) is 0 Å². The lowest BCUT2D eigenvalue weighted by Gasteiger charge is -2.32. The molecule has 0 N–H and O–H groups in total. The minimum atomic E-state index is 0.592. The highest BCUT2D eigenvalue weighted by atomic mass is 14.3. The maximum atomic E-state index is 3.67. The van der Waals surface area contributed by atoms with Crippen LogP contribution in [0.4, 0.5) is 0 Å². The average molecular weight is 243 g/mol. The zero-order valence-electron chi connectivity index (χ0n) is 12.4. The smallest absolute Gasteiger partial charge is 0.0109 e. The molecular weight excluding hydrogens is 216 g/mol. The van der Waals surface area contributed by atoms with Crippen LogP contribution in [0.15, 0.2) is 18.2 Å². The first-order valence-corrected chi connectivity index (χ1v) is 7.60.